The van der Waals surface area contributed by atoms with Crippen LogP contribution in [0.5, 0.6) is 0 Å². The van der Waals surface area contributed by atoms with Crippen LogP contribution in [0.25, 0.3) is 0 Å². The summed E-state index contributed by atoms with van der Waals surface area (Å²) in [5.74, 6) is -0.0931. The van der Waals surface area contributed by atoms with Gasteiger partial charge in [0.05, 0.1) is 10.9 Å². The number of benzene rings is 1. The molecule has 7 heteroatoms. The Balaban J connectivity index is 2.17. The molecule has 1 aliphatic heterocycles. The molecule has 25 heavy (non-hydrogen) atoms. The van der Waals surface area contributed by atoms with E-state index in [0.29, 0.717) is 5.69 Å². The van der Waals surface area contributed by atoms with Crippen LogP contribution in [0.3, 0.4) is 0 Å². The standard InChI is InChI=1S/C18H29N3O3S/c1-14-9-10-16(25(23,24)20(3)4)13-17(14)19-18(22)15(2)21-11-7-5-6-8-12-21/h9-10,13,15H,5-8,11-12H2,1-4H3,(H,19,22)/t15-/m1/s1. The van der Waals surface area contributed by atoms with E-state index in [-0.39, 0.29) is 16.8 Å². The molecule has 1 fully saturated rings. The van der Waals surface area contributed by atoms with Gasteiger partial charge in [0.15, 0.2) is 0 Å². The molecule has 0 aromatic heterocycles. The zero-order chi connectivity index (χ0) is 18.6. The van der Waals surface area contributed by atoms with Gasteiger partial charge < -0.3 is 5.32 Å². The predicted molar refractivity (Wildman–Crippen MR) is 100 cm³/mol. The molecule has 0 radical (unpaired) electrons. The highest BCUT2D eigenvalue weighted by molar-refractivity contribution is 7.89. The lowest BCUT2D eigenvalue weighted by atomic mass is 10.2. The Bertz CT molecular complexity index is 708. The highest BCUT2D eigenvalue weighted by atomic mass is 32.2. The number of nitrogens with one attached hydrogen (secondary N) is 1. The Hall–Kier alpha value is -1.44. The maximum atomic E-state index is 12.7. The number of hydrogen-bond acceptors (Lipinski definition) is 4. The van der Waals surface area contributed by atoms with Gasteiger partial charge in [0.1, 0.15) is 0 Å². The number of anilines is 1. The third-order valence-electron chi connectivity index (χ3n) is 4.81. The van der Waals surface area contributed by atoms with Gasteiger partial charge >= 0.3 is 0 Å². The van der Waals surface area contributed by atoms with Crippen LogP contribution in [0, 0.1) is 6.92 Å². The lowest BCUT2D eigenvalue weighted by Crippen LogP contribution is -2.42. The zero-order valence-corrected chi connectivity index (χ0v) is 16.4. The molecule has 1 aromatic carbocycles. The monoisotopic (exact) mass is 367 g/mol. The van der Waals surface area contributed by atoms with Gasteiger partial charge in [0.25, 0.3) is 0 Å². The van der Waals surface area contributed by atoms with Crippen molar-refractivity contribution in [2.45, 2.75) is 50.5 Å². The van der Waals surface area contributed by atoms with E-state index in [2.05, 4.69) is 10.2 Å². The lowest BCUT2D eigenvalue weighted by molar-refractivity contribution is -0.120. The van der Waals surface area contributed by atoms with E-state index in [1.54, 1.807) is 12.1 Å². The molecular formula is C18H29N3O3S. The van der Waals surface area contributed by atoms with Crippen molar-refractivity contribution >= 4 is 21.6 Å². The molecule has 1 atom stereocenters. The van der Waals surface area contributed by atoms with Crippen molar-refractivity contribution in [2.24, 2.45) is 0 Å². The molecule has 1 aliphatic rings. The van der Waals surface area contributed by atoms with E-state index in [4.69, 9.17) is 0 Å². The van der Waals surface area contributed by atoms with Crippen LogP contribution in [0.1, 0.15) is 38.2 Å². The molecule has 1 amide bonds. The van der Waals surface area contributed by atoms with Crippen molar-refractivity contribution in [3.8, 4) is 0 Å². The topological polar surface area (TPSA) is 69.7 Å². The lowest BCUT2D eigenvalue weighted by Gasteiger charge is -2.27. The number of sulfonamides is 1. The van der Waals surface area contributed by atoms with E-state index in [1.165, 1.54) is 37.3 Å². The summed E-state index contributed by atoms with van der Waals surface area (Å²) in [6.07, 6.45) is 4.67. The number of aryl methyl sites for hydroxylation is 1. The minimum atomic E-state index is -3.53. The van der Waals surface area contributed by atoms with Crippen molar-refractivity contribution < 1.29 is 13.2 Å². The van der Waals surface area contributed by atoms with Crippen LogP contribution in [0.4, 0.5) is 5.69 Å². The first-order chi connectivity index (χ1) is 11.7. The van der Waals surface area contributed by atoms with Gasteiger partial charge in [-0.1, -0.05) is 18.9 Å². The van der Waals surface area contributed by atoms with Crippen LogP contribution in [0.2, 0.25) is 0 Å². The van der Waals surface area contributed by atoms with Crippen molar-refractivity contribution in [2.75, 3.05) is 32.5 Å². The van der Waals surface area contributed by atoms with E-state index < -0.39 is 10.0 Å². The summed E-state index contributed by atoms with van der Waals surface area (Å²) in [6, 6.07) is 4.60. The molecule has 0 bridgehead atoms. The minimum absolute atomic E-state index is 0.0931. The SMILES string of the molecule is Cc1ccc(S(=O)(=O)N(C)C)cc1NC(=O)[C@@H](C)N1CCCCCC1. The molecule has 2 rings (SSSR count). The Morgan fingerprint density at radius 1 is 1.16 bits per heavy atom. The normalized spacial score (nSPS) is 18.0. The second-order valence-electron chi connectivity index (χ2n) is 6.88. The summed E-state index contributed by atoms with van der Waals surface area (Å²) in [5, 5.41) is 2.92. The smallest absolute Gasteiger partial charge is 0.242 e. The highest BCUT2D eigenvalue weighted by Crippen LogP contribution is 2.23. The van der Waals surface area contributed by atoms with Crippen molar-refractivity contribution in [3.63, 3.8) is 0 Å². The fourth-order valence-corrected chi connectivity index (χ4v) is 3.92. The third-order valence-corrected chi connectivity index (χ3v) is 6.62. The van der Waals surface area contributed by atoms with E-state index in [1.807, 2.05) is 13.8 Å². The second-order valence-corrected chi connectivity index (χ2v) is 9.03. The van der Waals surface area contributed by atoms with Crippen LogP contribution in [0.15, 0.2) is 23.1 Å². The van der Waals surface area contributed by atoms with Gasteiger partial charge in [-0.25, -0.2) is 12.7 Å². The second kappa shape index (κ2) is 8.29. The largest absolute Gasteiger partial charge is 0.324 e. The van der Waals surface area contributed by atoms with Crippen molar-refractivity contribution in [3.05, 3.63) is 23.8 Å². The Morgan fingerprint density at radius 2 is 1.76 bits per heavy atom. The molecular weight excluding hydrogens is 338 g/mol. The maximum absolute atomic E-state index is 12.7. The summed E-state index contributed by atoms with van der Waals surface area (Å²) in [7, 11) is -0.536. The predicted octanol–water partition coefficient (Wildman–Crippen LogP) is 2.45. The van der Waals surface area contributed by atoms with Crippen LogP contribution in [-0.4, -0.2) is 56.8 Å². The van der Waals surface area contributed by atoms with Gasteiger partial charge in [-0.05, 0) is 57.5 Å². The first-order valence-electron chi connectivity index (χ1n) is 8.81. The number of amides is 1. The molecule has 140 valence electrons. The van der Waals surface area contributed by atoms with Gasteiger partial charge in [-0.15, -0.1) is 0 Å². The number of likely N-dealkylation sites (tertiary alicyclic amines) is 1. The molecule has 0 spiro atoms. The average Bonchev–Trinajstić information content (AvgIpc) is 2.85. The molecule has 1 N–H and O–H groups in total. The number of carbonyl (C=O) groups is 1. The van der Waals surface area contributed by atoms with Crippen LogP contribution in [-0.2, 0) is 14.8 Å². The molecule has 0 unspecified atom stereocenters. The van der Waals surface area contributed by atoms with Crippen LogP contribution < -0.4 is 5.32 Å². The first-order valence-corrected chi connectivity index (χ1v) is 10.3. The molecule has 0 saturated carbocycles. The number of nitrogens with zero attached hydrogens (tertiary/aromatic N) is 2. The fourth-order valence-electron chi connectivity index (χ4n) is 2.99. The molecule has 6 nitrogen and oxygen atoms in total. The highest BCUT2D eigenvalue weighted by Gasteiger charge is 2.23. The van der Waals surface area contributed by atoms with Gasteiger partial charge in [0, 0.05) is 19.8 Å². The summed E-state index contributed by atoms with van der Waals surface area (Å²) in [4.78, 5) is 15.0. The number of hydrogen-bond donors (Lipinski definition) is 1. The summed E-state index contributed by atoms with van der Waals surface area (Å²) in [6.45, 7) is 5.64. The van der Waals surface area contributed by atoms with Gasteiger partial charge in [0.2, 0.25) is 15.9 Å². The Kier molecular flexibility index (Phi) is 6.59. The van der Waals surface area contributed by atoms with Gasteiger partial charge in [-0.2, -0.15) is 0 Å². The quantitative estimate of drug-likeness (QED) is 0.868. The first kappa shape index (κ1) is 19.9. The van der Waals surface area contributed by atoms with Crippen molar-refractivity contribution in [1.82, 2.24) is 9.21 Å². The van der Waals surface area contributed by atoms with E-state index in [0.717, 1.165) is 31.5 Å². The minimum Gasteiger partial charge on any atom is -0.324 e. The fraction of sp³-hybridized carbons (Fsp3) is 0.611. The number of carbonyl (C=O) groups excluding carboxylic acids is 1. The maximum Gasteiger partial charge on any atom is 0.242 e. The third kappa shape index (κ3) is 4.80. The molecule has 1 heterocycles. The number of rotatable bonds is 5. The average molecular weight is 368 g/mol. The molecule has 1 aromatic rings. The van der Waals surface area contributed by atoms with E-state index >= 15 is 0 Å². The van der Waals surface area contributed by atoms with E-state index in [9.17, 15) is 13.2 Å². The van der Waals surface area contributed by atoms with Crippen molar-refractivity contribution in [1.29, 1.82) is 0 Å². The Labute approximate surface area is 151 Å². The summed E-state index contributed by atoms with van der Waals surface area (Å²) >= 11 is 0. The van der Waals surface area contributed by atoms with Crippen LogP contribution >= 0.6 is 0 Å². The Morgan fingerprint density at radius 3 is 2.32 bits per heavy atom. The summed E-state index contributed by atoms with van der Waals surface area (Å²) < 4.78 is 25.8. The molecule has 0 aliphatic carbocycles. The molecule has 1 saturated heterocycles. The zero-order valence-electron chi connectivity index (χ0n) is 15.6. The summed E-state index contributed by atoms with van der Waals surface area (Å²) in [5.41, 5.74) is 1.39. The van der Waals surface area contributed by atoms with Gasteiger partial charge in [-0.3, -0.25) is 9.69 Å².